The quantitative estimate of drug-likeness (QED) is 0.679. The molecule has 0 aliphatic heterocycles. The zero-order valence-electron chi connectivity index (χ0n) is 10.1. The molecular weight excluding hydrogens is 266 g/mol. The molecule has 5 heteroatoms. The van der Waals surface area contributed by atoms with Crippen LogP contribution in [0.3, 0.4) is 0 Å². The van der Waals surface area contributed by atoms with Crippen LogP contribution >= 0.6 is 11.3 Å². The maximum atomic E-state index is 13.8. The highest BCUT2D eigenvalue weighted by atomic mass is 32.1. The molecule has 0 saturated heterocycles. The van der Waals surface area contributed by atoms with Gasteiger partial charge in [-0.15, -0.1) is 11.3 Å². The van der Waals surface area contributed by atoms with Crippen molar-refractivity contribution in [2.45, 2.75) is 6.92 Å². The number of benzene rings is 2. The van der Waals surface area contributed by atoms with Crippen LogP contribution in [0.4, 0.5) is 14.5 Å². The molecule has 1 heterocycles. The summed E-state index contributed by atoms with van der Waals surface area (Å²) in [6.45, 7) is 1.60. The average molecular weight is 276 g/mol. The minimum Gasteiger partial charge on any atom is -0.399 e. The van der Waals surface area contributed by atoms with E-state index < -0.39 is 11.6 Å². The maximum Gasteiger partial charge on any atom is 0.136 e. The van der Waals surface area contributed by atoms with Crippen LogP contribution in [0, 0.1) is 18.6 Å². The first kappa shape index (κ1) is 12.0. The first-order valence-electron chi connectivity index (χ1n) is 5.66. The number of thiazole rings is 1. The second kappa shape index (κ2) is 4.28. The van der Waals surface area contributed by atoms with Crippen LogP contribution in [0.1, 0.15) is 5.56 Å². The lowest BCUT2D eigenvalue weighted by Gasteiger charge is -2.02. The number of fused-ring (bicyclic) bond motifs is 1. The topological polar surface area (TPSA) is 38.9 Å². The molecule has 0 bridgehead atoms. The zero-order chi connectivity index (χ0) is 13.6. The summed E-state index contributed by atoms with van der Waals surface area (Å²) >= 11 is 1.34. The summed E-state index contributed by atoms with van der Waals surface area (Å²) in [4.78, 5) is 4.36. The lowest BCUT2D eigenvalue weighted by molar-refractivity contribution is 0.579. The number of hydrogen-bond acceptors (Lipinski definition) is 3. The van der Waals surface area contributed by atoms with Gasteiger partial charge in [0.2, 0.25) is 0 Å². The van der Waals surface area contributed by atoms with Crippen LogP contribution < -0.4 is 5.73 Å². The average Bonchev–Trinajstić information content (AvgIpc) is 2.76. The normalized spacial score (nSPS) is 11.1. The fraction of sp³-hybridized carbons (Fsp3) is 0.0714. The van der Waals surface area contributed by atoms with Crippen molar-refractivity contribution in [2.24, 2.45) is 0 Å². The third-order valence-corrected chi connectivity index (χ3v) is 3.94. The number of nitrogens with zero attached hydrogens (tertiary/aromatic N) is 1. The van der Waals surface area contributed by atoms with Crippen LogP contribution in [0.2, 0.25) is 0 Å². The molecule has 1 aromatic heterocycles. The second-order valence-corrected chi connectivity index (χ2v) is 5.36. The number of nitrogens with two attached hydrogens (primary N) is 1. The van der Waals surface area contributed by atoms with E-state index in [0.717, 1.165) is 16.3 Å². The number of aryl methyl sites for hydroxylation is 1. The minimum atomic E-state index is -0.602. The van der Waals surface area contributed by atoms with Gasteiger partial charge in [-0.05, 0) is 36.8 Å². The van der Waals surface area contributed by atoms with Gasteiger partial charge in [0, 0.05) is 17.3 Å². The minimum absolute atomic E-state index is 0.318. The van der Waals surface area contributed by atoms with E-state index in [1.54, 1.807) is 25.1 Å². The van der Waals surface area contributed by atoms with Gasteiger partial charge < -0.3 is 5.73 Å². The van der Waals surface area contributed by atoms with Crippen LogP contribution in [0.25, 0.3) is 20.8 Å². The first-order valence-corrected chi connectivity index (χ1v) is 6.48. The number of anilines is 1. The molecule has 0 aliphatic rings. The third-order valence-electron chi connectivity index (χ3n) is 2.89. The van der Waals surface area contributed by atoms with Crippen molar-refractivity contribution < 1.29 is 8.78 Å². The Morgan fingerprint density at radius 2 is 1.89 bits per heavy atom. The summed E-state index contributed by atoms with van der Waals surface area (Å²) in [5.41, 5.74) is 7.81. The molecule has 2 N–H and O–H groups in total. The number of halogens is 2. The fourth-order valence-electron chi connectivity index (χ4n) is 1.88. The molecule has 3 aromatic rings. The lowest BCUT2D eigenvalue weighted by atomic mass is 10.1. The molecule has 0 saturated carbocycles. The van der Waals surface area contributed by atoms with Crippen LogP contribution in [-0.2, 0) is 0 Å². The highest BCUT2D eigenvalue weighted by Gasteiger charge is 2.13. The summed E-state index contributed by atoms with van der Waals surface area (Å²) in [5.74, 6) is -1.15. The van der Waals surface area contributed by atoms with Crippen LogP contribution in [0.5, 0.6) is 0 Å². The molecule has 0 radical (unpaired) electrons. The molecule has 96 valence electrons. The Morgan fingerprint density at radius 3 is 2.68 bits per heavy atom. The molecule has 0 spiro atoms. The zero-order valence-corrected chi connectivity index (χ0v) is 10.9. The highest BCUT2D eigenvalue weighted by Crippen LogP contribution is 2.33. The molecule has 0 atom stereocenters. The molecule has 0 aliphatic carbocycles. The standard InChI is InChI=1S/C14H10F2N2S/c1-7-4-9(11(16)6-10(7)15)14-18-12-3-2-8(17)5-13(12)19-14/h2-6H,17H2,1H3. The second-order valence-electron chi connectivity index (χ2n) is 4.33. The Labute approximate surface area is 112 Å². The van der Waals surface area contributed by atoms with E-state index in [1.165, 1.54) is 17.4 Å². The molecule has 19 heavy (non-hydrogen) atoms. The molecule has 2 aromatic carbocycles. The van der Waals surface area contributed by atoms with E-state index in [4.69, 9.17) is 5.73 Å². The SMILES string of the molecule is Cc1cc(-c2nc3ccc(N)cc3s2)c(F)cc1F. The van der Waals surface area contributed by atoms with Gasteiger partial charge in [0.05, 0.1) is 10.2 Å². The third kappa shape index (κ3) is 2.06. The largest absolute Gasteiger partial charge is 0.399 e. The summed E-state index contributed by atoms with van der Waals surface area (Å²) in [6.07, 6.45) is 0. The van der Waals surface area contributed by atoms with Gasteiger partial charge in [-0.25, -0.2) is 13.8 Å². The Kier molecular flexibility index (Phi) is 2.71. The number of aromatic nitrogens is 1. The Hall–Kier alpha value is -2.01. The van der Waals surface area contributed by atoms with E-state index in [2.05, 4.69) is 4.98 Å². The van der Waals surface area contributed by atoms with Crippen molar-refractivity contribution >= 4 is 27.2 Å². The van der Waals surface area contributed by atoms with Gasteiger partial charge in [0.1, 0.15) is 16.6 Å². The lowest BCUT2D eigenvalue weighted by Crippen LogP contribution is -1.89. The van der Waals surface area contributed by atoms with Gasteiger partial charge in [0.25, 0.3) is 0 Å². The Bertz CT molecular complexity index is 780. The molecular formula is C14H10F2N2S. The Balaban J connectivity index is 2.21. The summed E-state index contributed by atoms with van der Waals surface area (Å²) in [7, 11) is 0. The fourth-order valence-corrected chi connectivity index (χ4v) is 2.91. The maximum absolute atomic E-state index is 13.8. The van der Waals surface area contributed by atoms with Crippen LogP contribution in [0.15, 0.2) is 30.3 Å². The molecule has 0 fully saturated rings. The summed E-state index contributed by atoms with van der Waals surface area (Å²) in [6, 6.07) is 7.71. The Morgan fingerprint density at radius 1 is 1.11 bits per heavy atom. The van der Waals surface area contributed by atoms with Crippen molar-refractivity contribution in [3.8, 4) is 10.6 Å². The van der Waals surface area contributed by atoms with Gasteiger partial charge in [0.15, 0.2) is 0 Å². The van der Waals surface area contributed by atoms with Gasteiger partial charge in [-0.3, -0.25) is 0 Å². The molecule has 2 nitrogen and oxygen atoms in total. The molecule has 0 amide bonds. The van der Waals surface area contributed by atoms with Crippen molar-refractivity contribution in [1.29, 1.82) is 0 Å². The van der Waals surface area contributed by atoms with Crippen molar-refractivity contribution in [1.82, 2.24) is 4.98 Å². The number of nitrogen functional groups attached to an aromatic ring is 1. The summed E-state index contributed by atoms with van der Waals surface area (Å²) in [5, 5.41) is 0.529. The van der Waals surface area contributed by atoms with E-state index in [0.29, 0.717) is 21.8 Å². The van der Waals surface area contributed by atoms with Crippen LogP contribution in [-0.4, -0.2) is 4.98 Å². The summed E-state index contributed by atoms with van der Waals surface area (Å²) < 4.78 is 28.0. The van der Waals surface area contributed by atoms with Gasteiger partial charge in [-0.1, -0.05) is 0 Å². The molecule has 3 rings (SSSR count). The number of rotatable bonds is 1. The van der Waals surface area contributed by atoms with Crippen molar-refractivity contribution in [3.63, 3.8) is 0 Å². The molecule has 0 unspecified atom stereocenters. The van der Waals surface area contributed by atoms with E-state index in [-0.39, 0.29) is 0 Å². The predicted octanol–water partition coefficient (Wildman–Crippen LogP) is 4.13. The first-order chi connectivity index (χ1) is 9.04. The van der Waals surface area contributed by atoms with Gasteiger partial charge in [-0.2, -0.15) is 0 Å². The van der Waals surface area contributed by atoms with E-state index >= 15 is 0 Å². The monoisotopic (exact) mass is 276 g/mol. The van der Waals surface area contributed by atoms with E-state index in [1.807, 2.05) is 0 Å². The number of hydrogen-bond donors (Lipinski definition) is 1. The van der Waals surface area contributed by atoms with Crippen molar-refractivity contribution in [3.05, 3.63) is 47.5 Å². The predicted molar refractivity (Wildman–Crippen MR) is 74.1 cm³/mol. The van der Waals surface area contributed by atoms with Crippen molar-refractivity contribution in [2.75, 3.05) is 5.73 Å². The van der Waals surface area contributed by atoms with Gasteiger partial charge >= 0.3 is 0 Å². The smallest absolute Gasteiger partial charge is 0.136 e. The highest BCUT2D eigenvalue weighted by molar-refractivity contribution is 7.21. The van der Waals surface area contributed by atoms with E-state index in [9.17, 15) is 8.78 Å².